The summed E-state index contributed by atoms with van der Waals surface area (Å²) >= 11 is 0. The Labute approximate surface area is 146 Å². The van der Waals surface area contributed by atoms with E-state index in [4.69, 9.17) is 5.11 Å². The van der Waals surface area contributed by atoms with Crippen molar-refractivity contribution in [3.8, 4) is 5.69 Å². The predicted molar refractivity (Wildman–Crippen MR) is 84.9 cm³/mol. The third-order valence-corrected chi connectivity index (χ3v) is 4.29. The minimum Gasteiger partial charge on any atom is -0.481 e. The van der Waals surface area contributed by atoms with Gasteiger partial charge >= 0.3 is 12.1 Å². The van der Waals surface area contributed by atoms with E-state index in [2.05, 4.69) is 5.10 Å². The Morgan fingerprint density at radius 2 is 2.04 bits per heavy atom. The molecule has 1 aliphatic rings. The molecule has 2 heterocycles. The molecule has 9 heteroatoms. The van der Waals surface area contributed by atoms with Crippen LogP contribution in [-0.4, -0.2) is 44.3 Å². The van der Waals surface area contributed by atoms with Crippen LogP contribution in [0.3, 0.4) is 0 Å². The van der Waals surface area contributed by atoms with Gasteiger partial charge in [0.05, 0.1) is 17.7 Å². The van der Waals surface area contributed by atoms with Gasteiger partial charge in [-0.3, -0.25) is 9.59 Å². The number of aliphatic carboxylic acids is 1. The molecule has 1 unspecified atom stereocenters. The monoisotopic (exact) mass is 367 g/mol. The van der Waals surface area contributed by atoms with Gasteiger partial charge in [-0.25, -0.2) is 4.68 Å². The number of amides is 1. The maximum Gasteiger partial charge on any atom is 0.416 e. The third-order valence-electron chi connectivity index (χ3n) is 4.29. The molecule has 0 bridgehead atoms. The molecule has 1 atom stereocenters. The summed E-state index contributed by atoms with van der Waals surface area (Å²) in [6.07, 6.45) is -1.89. The van der Waals surface area contributed by atoms with Crippen LogP contribution < -0.4 is 0 Å². The number of aromatic nitrogens is 2. The number of carbonyl (C=O) groups excluding carboxylic acids is 1. The minimum atomic E-state index is -4.47. The zero-order valence-electron chi connectivity index (χ0n) is 13.6. The molecule has 0 saturated carbocycles. The molecule has 1 fully saturated rings. The Bertz CT molecular complexity index is 832. The average Bonchev–Trinajstić information content (AvgIpc) is 3.22. The summed E-state index contributed by atoms with van der Waals surface area (Å²) in [5, 5.41) is 13.0. The molecule has 6 nitrogen and oxygen atoms in total. The zero-order valence-corrected chi connectivity index (χ0v) is 13.6. The van der Waals surface area contributed by atoms with Crippen LogP contribution >= 0.6 is 0 Å². The predicted octanol–water partition coefficient (Wildman–Crippen LogP) is 2.97. The van der Waals surface area contributed by atoms with Crippen LogP contribution in [0.2, 0.25) is 0 Å². The van der Waals surface area contributed by atoms with Gasteiger partial charge in [0.15, 0.2) is 5.69 Å². The average molecular weight is 367 g/mol. The van der Waals surface area contributed by atoms with Crippen molar-refractivity contribution in [2.24, 2.45) is 0 Å². The van der Waals surface area contributed by atoms with E-state index in [-0.39, 0.29) is 17.8 Å². The summed E-state index contributed by atoms with van der Waals surface area (Å²) in [6, 6.07) is 5.66. The van der Waals surface area contributed by atoms with Crippen LogP contribution in [0.15, 0.2) is 36.5 Å². The van der Waals surface area contributed by atoms with E-state index in [9.17, 15) is 22.8 Å². The van der Waals surface area contributed by atoms with Crippen molar-refractivity contribution < 1.29 is 27.9 Å². The van der Waals surface area contributed by atoms with Crippen molar-refractivity contribution in [3.05, 3.63) is 47.8 Å². The summed E-state index contributed by atoms with van der Waals surface area (Å²) in [6.45, 7) is 0.438. The first-order valence-corrected chi connectivity index (χ1v) is 8.02. The molecule has 0 spiro atoms. The number of carbonyl (C=O) groups is 2. The molecule has 1 aromatic carbocycles. The van der Waals surface area contributed by atoms with E-state index >= 15 is 0 Å². The second-order valence-electron chi connectivity index (χ2n) is 6.09. The number of rotatable bonds is 4. The van der Waals surface area contributed by atoms with E-state index in [1.54, 1.807) is 0 Å². The number of carboxylic acid groups (broad SMARTS) is 1. The van der Waals surface area contributed by atoms with Crippen molar-refractivity contribution in [1.29, 1.82) is 0 Å². The Morgan fingerprint density at radius 3 is 2.73 bits per heavy atom. The second kappa shape index (κ2) is 6.81. The molecule has 0 aliphatic carbocycles. The fourth-order valence-electron chi connectivity index (χ4n) is 3.07. The lowest BCUT2D eigenvalue weighted by molar-refractivity contribution is -0.138. The van der Waals surface area contributed by atoms with E-state index in [1.165, 1.54) is 34.0 Å². The standard InChI is InChI=1S/C17H16F3N3O3/c18-17(19,20)11-3-1-4-13(9-11)23-8-6-14(21-23)16(26)22-7-2-5-12(22)10-15(24)25/h1,3-4,6,8-9,12H,2,5,7,10H2,(H,24,25). The van der Waals surface area contributed by atoms with E-state index < -0.39 is 29.7 Å². The van der Waals surface area contributed by atoms with Crippen LogP contribution in [0.4, 0.5) is 13.2 Å². The van der Waals surface area contributed by atoms with Crippen molar-refractivity contribution >= 4 is 11.9 Å². The van der Waals surface area contributed by atoms with Gasteiger partial charge in [-0.05, 0) is 37.1 Å². The van der Waals surface area contributed by atoms with Gasteiger partial charge in [0.1, 0.15) is 0 Å². The lowest BCUT2D eigenvalue weighted by atomic mass is 10.1. The highest BCUT2D eigenvalue weighted by atomic mass is 19.4. The molecule has 3 rings (SSSR count). The van der Waals surface area contributed by atoms with Gasteiger partial charge in [-0.15, -0.1) is 0 Å². The summed E-state index contributed by atoms with van der Waals surface area (Å²) in [4.78, 5) is 25.0. The Hall–Kier alpha value is -2.84. The molecular weight excluding hydrogens is 351 g/mol. The summed E-state index contributed by atoms with van der Waals surface area (Å²) < 4.78 is 39.7. The number of likely N-dealkylation sites (tertiary alicyclic amines) is 1. The van der Waals surface area contributed by atoms with E-state index in [0.717, 1.165) is 12.1 Å². The van der Waals surface area contributed by atoms with E-state index in [0.29, 0.717) is 19.4 Å². The first kappa shape index (κ1) is 18.0. The van der Waals surface area contributed by atoms with Crippen LogP contribution in [-0.2, 0) is 11.0 Å². The maximum absolute atomic E-state index is 12.8. The molecule has 1 aliphatic heterocycles. The summed E-state index contributed by atoms with van der Waals surface area (Å²) in [5.41, 5.74) is -0.554. The normalized spacial score (nSPS) is 17.5. The molecule has 0 radical (unpaired) electrons. The molecule has 26 heavy (non-hydrogen) atoms. The Balaban J connectivity index is 1.82. The Morgan fingerprint density at radius 1 is 1.27 bits per heavy atom. The number of alkyl halides is 3. The number of nitrogens with zero attached hydrogens (tertiary/aromatic N) is 3. The van der Waals surface area contributed by atoms with Gasteiger partial charge in [-0.1, -0.05) is 6.07 Å². The van der Waals surface area contributed by atoms with Crippen LogP contribution in [0, 0.1) is 0 Å². The second-order valence-corrected chi connectivity index (χ2v) is 6.09. The highest BCUT2D eigenvalue weighted by Gasteiger charge is 2.32. The van der Waals surface area contributed by atoms with Crippen LogP contribution in [0.25, 0.3) is 5.69 Å². The number of halogens is 3. The number of benzene rings is 1. The maximum atomic E-state index is 12.8. The lowest BCUT2D eigenvalue weighted by Crippen LogP contribution is -2.37. The number of carboxylic acids is 1. The first-order valence-electron chi connectivity index (χ1n) is 8.02. The van der Waals surface area contributed by atoms with Crippen molar-refractivity contribution in [1.82, 2.24) is 14.7 Å². The van der Waals surface area contributed by atoms with Crippen molar-refractivity contribution in [2.45, 2.75) is 31.5 Å². The molecule has 2 aromatic rings. The summed E-state index contributed by atoms with van der Waals surface area (Å²) in [7, 11) is 0. The molecule has 1 saturated heterocycles. The molecular formula is C17H16F3N3O3. The molecule has 138 valence electrons. The summed E-state index contributed by atoms with van der Waals surface area (Å²) in [5.74, 6) is -1.40. The largest absolute Gasteiger partial charge is 0.481 e. The molecule has 1 N–H and O–H groups in total. The fraction of sp³-hybridized carbons (Fsp3) is 0.353. The van der Waals surface area contributed by atoms with Gasteiger partial charge in [0.2, 0.25) is 0 Å². The van der Waals surface area contributed by atoms with Crippen LogP contribution in [0.1, 0.15) is 35.3 Å². The smallest absolute Gasteiger partial charge is 0.416 e. The highest BCUT2D eigenvalue weighted by Crippen LogP contribution is 2.30. The van der Waals surface area contributed by atoms with Gasteiger partial charge in [0, 0.05) is 18.8 Å². The number of hydrogen-bond acceptors (Lipinski definition) is 3. The topological polar surface area (TPSA) is 75.4 Å². The SMILES string of the molecule is O=C(O)CC1CCCN1C(=O)c1ccn(-c2cccc(C(F)(F)F)c2)n1. The zero-order chi connectivity index (χ0) is 18.9. The Kier molecular flexibility index (Phi) is 4.71. The fourth-order valence-corrected chi connectivity index (χ4v) is 3.07. The number of hydrogen-bond donors (Lipinski definition) is 1. The quantitative estimate of drug-likeness (QED) is 0.902. The van der Waals surface area contributed by atoms with Gasteiger partial charge in [0.25, 0.3) is 5.91 Å². The van der Waals surface area contributed by atoms with Crippen molar-refractivity contribution in [3.63, 3.8) is 0 Å². The molecule has 1 amide bonds. The van der Waals surface area contributed by atoms with Gasteiger partial charge < -0.3 is 10.0 Å². The minimum absolute atomic E-state index is 0.0692. The van der Waals surface area contributed by atoms with Crippen LogP contribution in [0.5, 0.6) is 0 Å². The van der Waals surface area contributed by atoms with Gasteiger partial charge in [-0.2, -0.15) is 18.3 Å². The molecule has 1 aromatic heterocycles. The van der Waals surface area contributed by atoms with Crippen molar-refractivity contribution in [2.75, 3.05) is 6.54 Å². The highest BCUT2D eigenvalue weighted by molar-refractivity contribution is 5.93. The van der Waals surface area contributed by atoms with E-state index in [1.807, 2.05) is 0 Å². The first-order chi connectivity index (χ1) is 12.3. The lowest BCUT2D eigenvalue weighted by Gasteiger charge is -2.22. The third kappa shape index (κ3) is 3.71.